The molecule has 4 nitrogen and oxygen atoms in total. The number of carbonyl (C=O) groups is 1. The summed E-state index contributed by atoms with van der Waals surface area (Å²) in [7, 11) is 3.21. The highest BCUT2D eigenvalue weighted by Crippen LogP contribution is 2.30. The van der Waals surface area contributed by atoms with Gasteiger partial charge >= 0.3 is 0 Å². The minimum absolute atomic E-state index is 0.0293. The van der Waals surface area contributed by atoms with Crippen LogP contribution in [-0.2, 0) is 11.3 Å². The van der Waals surface area contributed by atoms with Crippen LogP contribution in [0.1, 0.15) is 31.9 Å². The van der Waals surface area contributed by atoms with Gasteiger partial charge in [-0.15, -0.1) is 0 Å². The van der Waals surface area contributed by atoms with E-state index in [1.807, 2.05) is 39.8 Å². The van der Waals surface area contributed by atoms with Crippen LogP contribution in [0.4, 0.5) is 0 Å². The van der Waals surface area contributed by atoms with Crippen LogP contribution in [0.25, 0.3) is 0 Å². The molecule has 0 aliphatic heterocycles. The summed E-state index contributed by atoms with van der Waals surface area (Å²) < 4.78 is 10.5. The van der Waals surface area contributed by atoms with Crippen molar-refractivity contribution < 1.29 is 14.3 Å². The van der Waals surface area contributed by atoms with Crippen LogP contribution < -0.4 is 14.8 Å². The molecule has 0 spiro atoms. The second-order valence-corrected chi connectivity index (χ2v) is 5.57. The summed E-state index contributed by atoms with van der Waals surface area (Å²) in [5.74, 6) is 1.40. The lowest BCUT2D eigenvalue weighted by atomic mass is 9.95. The third kappa shape index (κ3) is 3.88. The quantitative estimate of drug-likeness (QED) is 0.910. The molecule has 0 saturated heterocycles. The molecule has 0 fully saturated rings. The van der Waals surface area contributed by atoms with Gasteiger partial charge in [0.2, 0.25) is 5.91 Å². The van der Waals surface area contributed by atoms with Crippen LogP contribution in [0.2, 0.25) is 0 Å². The Morgan fingerprint density at radius 3 is 2.16 bits per heavy atom. The van der Waals surface area contributed by atoms with Crippen molar-refractivity contribution in [2.75, 3.05) is 14.2 Å². The lowest BCUT2D eigenvalue weighted by molar-refractivity contribution is -0.128. The predicted molar refractivity (Wildman–Crippen MR) is 75.6 cm³/mol. The molecule has 1 aromatic carbocycles. The zero-order valence-electron chi connectivity index (χ0n) is 12.6. The van der Waals surface area contributed by atoms with E-state index in [2.05, 4.69) is 5.32 Å². The van der Waals surface area contributed by atoms with E-state index in [-0.39, 0.29) is 11.3 Å². The minimum atomic E-state index is -0.384. The van der Waals surface area contributed by atoms with E-state index in [1.54, 1.807) is 14.2 Å². The Morgan fingerprint density at radius 1 is 1.16 bits per heavy atom. The number of hydrogen-bond donors (Lipinski definition) is 1. The highest BCUT2D eigenvalue weighted by atomic mass is 16.5. The fourth-order valence-electron chi connectivity index (χ4n) is 1.65. The number of benzene rings is 1. The third-order valence-corrected chi connectivity index (χ3v) is 2.96. The number of nitrogens with one attached hydrogen (secondary N) is 1. The van der Waals surface area contributed by atoms with Crippen LogP contribution in [-0.4, -0.2) is 20.1 Å². The van der Waals surface area contributed by atoms with Gasteiger partial charge in [0.25, 0.3) is 0 Å². The molecule has 0 heterocycles. The molecule has 1 N–H and O–H groups in total. The highest BCUT2D eigenvalue weighted by molar-refractivity contribution is 5.81. The van der Waals surface area contributed by atoms with E-state index in [4.69, 9.17) is 9.47 Å². The fourth-order valence-corrected chi connectivity index (χ4v) is 1.65. The van der Waals surface area contributed by atoms with Gasteiger partial charge in [-0.25, -0.2) is 0 Å². The van der Waals surface area contributed by atoms with Crippen LogP contribution in [0, 0.1) is 12.3 Å². The average Bonchev–Trinajstić information content (AvgIpc) is 2.35. The molecule has 4 heteroatoms. The largest absolute Gasteiger partial charge is 0.493 e. The van der Waals surface area contributed by atoms with Crippen molar-refractivity contribution >= 4 is 5.91 Å². The van der Waals surface area contributed by atoms with Crippen LogP contribution >= 0.6 is 0 Å². The second-order valence-electron chi connectivity index (χ2n) is 5.57. The van der Waals surface area contributed by atoms with Crippen molar-refractivity contribution in [3.05, 3.63) is 23.3 Å². The van der Waals surface area contributed by atoms with E-state index in [9.17, 15) is 4.79 Å². The van der Waals surface area contributed by atoms with E-state index in [1.165, 1.54) is 0 Å². The first-order valence-electron chi connectivity index (χ1n) is 6.29. The summed E-state index contributed by atoms with van der Waals surface area (Å²) in [5.41, 5.74) is 1.70. The Morgan fingerprint density at radius 2 is 1.68 bits per heavy atom. The van der Waals surface area contributed by atoms with Gasteiger partial charge in [0, 0.05) is 12.0 Å². The van der Waals surface area contributed by atoms with Gasteiger partial charge in [0.15, 0.2) is 11.5 Å². The number of methoxy groups -OCH3 is 2. The normalized spacial score (nSPS) is 11.1. The molecule has 1 aromatic rings. The topological polar surface area (TPSA) is 47.6 Å². The van der Waals surface area contributed by atoms with Crippen LogP contribution in [0.15, 0.2) is 12.1 Å². The number of amides is 1. The molecule has 1 amide bonds. The first kappa shape index (κ1) is 15.3. The highest BCUT2D eigenvalue weighted by Gasteiger charge is 2.21. The van der Waals surface area contributed by atoms with E-state index in [0.29, 0.717) is 18.0 Å². The summed E-state index contributed by atoms with van der Waals surface area (Å²) >= 11 is 0. The molecule has 0 aliphatic rings. The monoisotopic (exact) mass is 265 g/mol. The van der Waals surface area contributed by atoms with Crippen molar-refractivity contribution in [2.45, 2.75) is 34.2 Å². The average molecular weight is 265 g/mol. The minimum Gasteiger partial charge on any atom is -0.493 e. The Balaban J connectivity index is 2.88. The SMILES string of the molecule is COc1cc(C)c(CNC(=O)C(C)(C)C)cc1OC. The van der Waals surface area contributed by atoms with Crippen molar-refractivity contribution in [1.82, 2.24) is 5.32 Å². The van der Waals surface area contributed by atoms with Gasteiger partial charge in [-0.05, 0) is 30.2 Å². The third-order valence-electron chi connectivity index (χ3n) is 2.96. The predicted octanol–water partition coefficient (Wildman–Crippen LogP) is 2.67. The van der Waals surface area contributed by atoms with Crippen molar-refractivity contribution in [2.24, 2.45) is 5.41 Å². The standard InChI is InChI=1S/C15H23NO3/c1-10-7-12(18-5)13(19-6)8-11(10)9-16-14(17)15(2,3)4/h7-8H,9H2,1-6H3,(H,16,17). The molecule has 0 radical (unpaired) electrons. The number of rotatable bonds is 4. The molecule has 106 valence electrons. The van der Waals surface area contributed by atoms with Gasteiger partial charge in [-0.2, -0.15) is 0 Å². The van der Waals surface area contributed by atoms with E-state index < -0.39 is 0 Å². The molecule has 0 aromatic heterocycles. The van der Waals surface area contributed by atoms with Crippen molar-refractivity contribution in [3.8, 4) is 11.5 Å². The summed E-state index contributed by atoms with van der Waals surface area (Å²) in [6.07, 6.45) is 0. The summed E-state index contributed by atoms with van der Waals surface area (Å²) in [5, 5.41) is 2.93. The van der Waals surface area contributed by atoms with Gasteiger partial charge in [-0.3, -0.25) is 4.79 Å². The molecule has 0 aliphatic carbocycles. The lowest BCUT2D eigenvalue weighted by Gasteiger charge is -2.19. The van der Waals surface area contributed by atoms with Gasteiger partial charge < -0.3 is 14.8 Å². The summed E-state index contributed by atoms with van der Waals surface area (Å²) in [6, 6.07) is 3.81. The molecule has 0 saturated carbocycles. The van der Waals surface area contributed by atoms with Gasteiger partial charge in [0.05, 0.1) is 14.2 Å². The lowest BCUT2D eigenvalue weighted by Crippen LogP contribution is -2.34. The Labute approximate surface area is 115 Å². The molecule has 19 heavy (non-hydrogen) atoms. The molecule has 1 rings (SSSR count). The van der Waals surface area contributed by atoms with Crippen molar-refractivity contribution in [3.63, 3.8) is 0 Å². The zero-order valence-corrected chi connectivity index (χ0v) is 12.6. The first-order valence-corrected chi connectivity index (χ1v) is 6.29. The van der Waals surface area contributed by atoms with Crippen molar-refractivity contribution in [1.29, 1.82) is 0 Å². The molecule has 0 unspecified atom stereocenters. The van der Waals surface area contributed by atoms with Gasteiger partial charge in [-0.1, -0.05) is 20.8 Å². The first-order chi connectivity index (χ1) is 8.79. The number of ether oxygens (including phenoxy) is 2. The molecule has 0 bridgehead atoms. The van der Waals surface area contributed by atoms with E-state index in [0.717, 1.165) is 11.1 Å². The van der Waals surface area contributed by atoms with E-state index >= 15 is 0 Å². The number of aryl methyl sites for hydroxylation is 1. The maximum atomic E-state index is 11.9. The van der Waals surface area contributed by atoms with Crippen LogP contribution in [0.3, 0.4) is 0 Å². The number of carbonyl (C=O) groups excluding carboxylic acids is 1. The molecular formula is C15H23NO3. The molecule has 0 atom stereocenters. The maximum absolute atomic E-state index is 11.9. The Bertz CT molecular complexity index is 461. The van der Waals surface area contributed by atoms with Gasteiger partial charge in [0.1, 0.15) is 0 Å². The fraction of sp³-hybridized carbons (Fsp3) is 0.533. The maximum Gasteiger partial charge on any atom is 0.225 e. The Hall–Kier alpha value is -1.71. The number of hydrogen-bond acceptors (Lipinski definition) is 3. The Kier molecular flexibility index (Phi) is 4.81. The second kappa shape index (κ2) is 5.95. The summed E-state index contributed by atoms with van der Waals surface area (Å²) in [4.78, 5) is 11.9. The zero-order chi connectivity index (χ0) is 14.6. The summed E-state index contributed by atoms with van der Waals surface area (Å²) in [6.45, 7) is 8.15. The smallest absolute Gasteiger partial charge is 0.225 e. The molecular weight excluding hydrogens is 242 g/mol. The van der Waals surface area contributed by atoms with Crippen LogP contribution in [0.5, 0.6) is 11.5 Å².